The molecule has 100 valence electrons. The first kappa shape index (κ1) is 11.5. The summed E-state index contributed by atoms with van der Waals surface area (Å²) in [5, 5.41) is 1.33. The van der Waals surface area contributed by atoms with E-state index in [0.29, 0.717) is 12.1 Å². The third-order valence-electron chi connectivity index (χ3n) is 4.52. The van der Waals surface area contributed by atoms with Crippen LogP contribution in [0.3, 0.4) is 0 Å². The number of nitrogens with zero attached hydrogens (tertiary/aromatic N) is 1. The topological polar surface area (TPSA) is 28.3 Å². The molecule has 0 spiro atoms. The van der Waals surface area contributed by atoms with Crippen LogP contribution in [0.4, 0.5) is 0 Å². The van der Waals surface area contributed by atoms with Gasteiger partial charge in [0.15, 0.2) is 0 Å². The first-order chi connectivity index (χ1) is 9.28. The summed E-state index contributed by atoms with van der Waals surface area (Å²) in [5.41, 5.74) is 3.92. The van der Waals surface area contributed by atoms with Crippen molar-refractivity contribution in [1.82, 2.24) is 9.88 Å². The van der Waals surface area contributed by atoms with Gasteiger partial charge in [-0.25, -0.2) is 0 Å². The van der Waals surface area contributed by atoms with E-state index in [-0.39, 0.29) is 0 Å². The van der Waals surface area contributed by atoms with Crippen molar-refractivity contribution in [3.05, 3.63) is 35.5 Å². The second kappa shape index (κ2) is 4.36. The van der Waals surface area contributed by atoms with E-state index in [1.54, 1.807) is 0 Å². The molecule has 1 N–H and O–H groups in total. The van der Waals surface area contributed by atoms with Crippen LogP contribution in [0.15, 0.2) is 24.3 Å². The molecule has 2 saturated heterocycles. The van der Waals surface area contributed by atoms with Crippen LogP contribution in [-0.2, 0) is 11.2 Å². The number of morpholine rings is 1. The van der Waals surface area contributed by atoms with Crippen molar-refractivity contribution < 1.29 is 4.74 Å². The van der Waals surface area contributed by atoms with E-state index in [1.807, 2.05) is 0 Å². The molecule has 2 fully saturated rings. The average molecular weight is 256 g/mol. The Hall–Kier alpha value is -1.32. The van der Waals surface area contributed by atoms with Crippen LogP contribution in [0.1, 0.15) is 17.7 Å². The van der Waals surface area contributed by atoms with Gasteiger partial charge < -0.3 is 9.72 Å². The molecule has 2 aliphatic heterocycles. The number of hydrogen-bond donors (Lipinski definition) is 1. The summed E-state index contributed by atoms with van der Waals surface area (Å²) in [6.07, 6.45) is 2.90. The molecule has 4 rings (SSSR count). The van der Waals surface area contributed by atoms with Gasteiger partial charge in [0.2, 0.25) is 0 Å². The maximum atomic E-state index is 5.65. The SMILES string of the molecule is Cc1cc2cc(CCN3CC4CC3CO4)ccc2[nH]1. The first-order valence-corrected chi connectivity index (χ1v) is 7.22. The van der Waals surface area contributed by atoms with E-state index in [2.05, 4.69) is 41.1 Å². The van der Waals surface area contributed by atoms with Crippen LogP contribution in [-0.4, -0.2) is 41.7 Å². The Bertz CT molecular complexity index is 604. The summed E-state index contributed by atoms with van der Waals surface area (Å²) in [5.74, 6) is 0. The quantitative estimate of drug-likeness (QED) is 0.914. The van der Waals surface area contributed by atoms with E-state index in [4.69, 9.17) is 4.74 Å². The van der Waals surface area contributed by atoms with Gasteiger partial charge in [-0.1, -0.05) is 6.07 Å². The highest BCUT2D eigenvalue weighted by Crippen LogP contribution is 2.27. The highest BCUT2D eigenvalue weighted by Gasteiger charge is 2.38. The van der Waals surface area contributed by atoms with Gasteiger partial charge in [0.1, 0.15) is 0 Å². The molecule has 2 aliphatic rings. The zero-order valence-corrected chi connectivity index (χ0v) is 11.4. The Kier molecular flexibility index (Phi) is 2.64. The number of hydrogen-bond acceptors (Lipinski definition) is 2. The predicted molar refractivity (Wildman–Crippen MR) is 76.5 cm³/mol. The summed E-state index contributed by atoms with van der Waals surface area (Å²) < 4.78 is 5.65. The lowest BCUT2D eigenvalue weighted by molar-refractivity contribution is 0.0311. The summed E-state index contributed by atoms with van der Waals surface area (Å²) in [6.45, 7) is 5.36. The molecule has 3 heteroatoms. The van der Waals surface area contributed by atoms with E-state index in [0.717, 1.165) is 19.6 Å². The fourth-order valence-corrected chi connectivity index (χ4v) is 3.51. The molecule has 2 aromatic rings. The van der Waals surface area contributed by atoms with Gasteiger partial charge in [-0.3, -0.25) is 4.90 Å². The lowest BCUT2D eigenvalue weighted by Crippen LogP contribution is -2.38. The molecule has 0 aliphatic carbocycles. The molecule has 0 amide bonds. The fraction of sp³-hybridized carbons (Fsp3) is 0.500. The molecule has 1 aromatic carbocycles. The molecule has 3 heterocycles. The maximum Gasteiger partial charge on any atom is 0.0718 e. The predicted octanol–water partition coefficient (Wildman–Crippen LogP) is 2.49. The lowest BCUT2D eigenvalue weighted by atomic mass is 10.1. The Labute approximate surface area is 113 Å². The van der Waals surface area contributed by atoms with Crippen LogP contribution in [0.25, 0.3) is 10.9 Å². The molecule has 0 saturated carbocycles. The number of aromatic amines is 1. The number of likely N-dealkylation sites (tertiary alicyclic amines) is 1. The molecular formula is C16H20N2O. The third-order valence-corrected chi connectivity index (χ3v) is 4.52. The Balaban J connectivity index is 1.46. The van der Waals surface area contributed by atoms with Gasteiger partial charge in [0.05, 0.1) is 12.7 Å². The first-order valence-electron chi connectivity index (χ1n) is 7.22. The summed E-state index contributed by atoms with van der Waals surface area (Å²) in [7, 11) is 0. The zero-order chi connectivity index (χ0) is 12.8. The van der Waals surface area contributed by atoms with Crippen molar-refractivity contribution in [2.75, 3.05) is 19.7 Å². The molecule has 19 heavy (non-hydrogen) atoms. The van der Waals surface area contributed by atoms with Gasteiger partial charge in [-0.05, 0) is 48.9 Å². The second-order valence-corrected chi connectivity index (χ2v) is 5.96. The highest BCUT2D eigenvalue weighted by molar-refractivity contribution is 5.81. The van der Waals surface area contributed by atoms with E-state index in [9.17, 15) is 0 Å². The molecule has 0 radical (unpaired) electrons. The summed E-state index contributed by atoms with van der Waals surface area (Å²) in [6, 6.07) is 9.69. The Morgan fingerprint density at radius 1 is 1.37 bits per heavy atom. The maximum absolute atomic E-state index is 5.65. The van der Waals surface area contributed by atoms with Crippen molar-refractivity contribution in [3.63, 3.8) is 0 Å². The molecule has 3 nitrogen and oxygen atoms in total. The monoisotopic (exact) mass is 256 g/mol. The van der Waals surface area contributed by atoms with Crippen molar-refractivity contribution in [2.45, 2.75) is 31.9 Å². The molecule has 2 bridgehead atoms. The van der Waals surface area contributed by atoms with Crippen molar-refractivity contribution in [1.29, 1.82) is 0 Å². The molecular weight excluding hydrogens is 236 g/mol. The zero-order valence-electron chi connectivity index (χ0n) is 11.4. The third kappa shape index (κ3) is 2.07. The van der Waals surface area contributed by atoms with Crippen molar-refractivity contribution in [3.8, 4) is 0 Å². The van der Waals surface area contributed by atoms with E-state index in [1.165, 1.54) is 35.1 Å². The second-order valence-electron chi connectivity index (χ2n) is 5.96. The van der Waals surface area contributed by atoms with Crippen LogP contribution in [0, 0.1) is 6.92 Å². The average Bonchev–Trinajstić information content (AvgIpc) is 3.08. The number of fused-ring (bicyclic) bond motifs is 3. The number of H-pyrrole nitrogens is 1. The minimum atomic E-state index is 0.514. The van der Waals surface area contributed by atoms with E-state index < -0.39 is 0 Å². The van der Waals surface area contributed by atoms with Gasteiger partial charge >= 0.3 is 0 Å². The largest absolute Gasteiger partial charge is 0.375 e. The smallest absolute Gasteiger partial charge is 0.0718 e. The lowest BCUT2D eigenvalue weighted by Gasteiger charge is -2.26. The number of benzene rings is 1. The van der Waals surface area contributed by atoms with Gasteiger partial charge in [-0.15, -0.1) is 0 Å². The van der Waals surface area contributed by atoms with Crippen LogP contribution < -0.4 is 0 Å². The fourth-order valence-electron chi connectivity index (χ4n) is 3.51. The summed E-state index contributed by atoms with van der Waals surface area (Å²) in [4.78, 5) is 5.98. The van der Waals surface area contributed by atoms with Crippen LogP contribution in [0.5, 0.6) is 0 Å². The molecule has 2 atom stereocenters. The minimum Gasteiger partial charge on any atom is -0.375 e. The number of aromatic nitrogens is 1. The van der Waals surface area contributed by atoms with Gasteiger partial charge in [0, 0.05) is 30.3 Å². The molecule has 1 aromatic heterocycles. The number of aryl methyl sites for hydroxylation is 1. The standard InChI is InChI=1S/C16H20N2O/c1-11-6-13-7-12(2-3-16(13)17-11)4-5-18-9-15-8-14(18)10-19-15/h2-3,6-7,14-15,17H,4-5,8-10H2,1H3. The highest BCUT2D eigenvalue weighted by atomic mass is 16.5. The van der Waals surface area contributed by atoms with Crippen molar-refractivity contribution >= 4 is 10.9 Å². The number of ether oxygens (including phenoxy) is 1. The van der Waals surface area contributed by atoms with Gasteiger partial charge in [0.25, 0.3) is 0 Å². The Morgan fingerprint density at radius 2 is 2.32 bits per heavy atom. The van der Waals surface area contributed by atoms with Crippen LogP contribution in [0.2, 0.25) is 0 Å². The van der Waals surface area contributed by atoms with Gasteiger partial charge in [-0.2, -0.15) is 0 Å². The van der Waals surface area contributed by atoms with Crippen molar-refractivity contribution in [2.24, 2.45) is 0 Å². The Morgan fingerprint density at radius 3 is 3.11 bits per heavy atom. The number of rotatable bonds is 3. The molecule has 2 unspecified atom stereocenters. The van der Waals surface area contributed by atoms with E-state index >= 15 is 0 Å². The number of nitrogens with one attached hydrogen (secondary N) is 1. The van der Waals surface area contributed by atoms with Crippen LogP contribution >= 0.6 is 0 Å². The normalized spacial score (nSPS) is 26.6. The summed E-state index contributed by atoms with van der Waals surface area (Å²) >= 11 is 0. The minimum absolute atomic E-state index is 0.514.